The molecule has 0 heterocycles. The molecule has 0 aliphatic rings. The molecule has 0 aliphatic heterocycles. The van der Waals surface area contributed by atoms with Crippen molar-refractivity contribution in [2.45, 2.75) is 52.2 Å². The third kappa shape index (κ3) is 4.94. The van der Waals surface area contributed by atoms with Gasteiger partial charge in [-0.15, -0.1) is 0 Å². The predicted molar refractivity (Wildman–Crippen MR) is 66.1 cm³/mol. The Labute approximate surface area is 98.9 Å². The van der Waals surface area contributed by atoms with E-state index in [1.165, 1.54) is 0 Å². The van der Waals surface area contributed by atoms with Gasteiger partial charge in [-0.2, -0.15) is 0 Å². The van der Waals surface area contributed by atoms with Gasteiger partial charge in [-0.3, -0.25) is 4.79 Å². The summed E-state index contributed by atoms with van der Waals surface area (Å²) in [6.45, 7) is 8.43. The van der Waals surface area contributed by atoms with Gasteiger partial charge in [-0.05, 0) is 19.3 Å². The van der Waals surface area contributed by atoms with Crippen molar-refractivity contribution in [2.75, 3.05) is 13.7 Å². The molecule has 0 fully saturated rings. The van der Waals surface area contributed by atoms with Crippen LogP contribution in [0.15, 0.2) is 0 Å². The van der Waals surface area contributed by atoms with Crippen molar-refractivity contribution in [3.63, 3.8) is 0 Å². The Morgan fingerprint density at radius 1 is 1.50 bits per heavy atom. The van der Waals surface area contributed by atoms with E-state index in [4.69, 9.17) is 10.5 Å². The number of carbonyl (C=O) groups excluding carboxylic acids is 1. The zero-order valence-electron chi connectivity index (χ0n) is 11.2. The van der Waals surface area contributed by atoms with Gasteiger partial charge in [-0.25, -0.2) is 0 Å². The molecule has 1 amide bonds. The van der Waals surface area contributed by atoms with E-state index in [9.17, 15) is 4.79 Å². The van der Waals surface area contributed by atoms with Gasteiger partial charge in [0.25, 0.3) is 0 Å². The van der Waals surface area contributed by atoms with Crippen LogP contribution >= 0.6 is 0 Å². The summed E-state index contributed by atoms with van der Waals surface area (Å²) < 4.78 is 5.28. The minimum atomic E-state index is -0.774. The number of nitrogens with one attached hydrogen (secondary N) is 1. The van der Waals surface area contributed by atoms with Crippen LogP contribution in [-0.4, -0.2) is 31.2 Å². The molecule has 0 bridgehead atoms. The number of carbonyl (C=O) groups is 1. The molecule has 2 unspecified atom stereocenters. The second kappa shape index (κ2) is 6.86. The quantitative estimate of drug-likeness (QED) is 0.692. The fourth-order valence-corrected chi connectivity index (χ4v) is 1.62. The minimum Gasteiger partial charge on any atom is -0.379 e. The molecule has 0 saturated carbocycles. The van der Waals surface area contributed by atoms with Crippen molar-refractivity contribution in [3.8, 4) is 0 Å². The van der Waals surface area contributed by atoms with Crippen LogP contribution in [0.4, 0.5) is 0 Å². The number of rotatable bonds is 7. The summed E-state index contributed by atoms with van der Waals surface area (Å²) in [6.07, 6.45) is 1.64. The van der Waals surface area contributed by atoms with Crippen molar-refractivity contribution < 1.29 is 9.53 Å². The normalized spacial score (nSPS) is 16.9. The van der Waals surface area contributed by atoms with E-state index >= 15 is 0 Å². The Hall–Kier alpha value is -0.610. The standard InChI is InChI=1S/C12H26N2O2/c1-6-7-12(4,13)11(15)14-8-10(16-5)9(2)3/h9-10H,6-8,13H2,1-5H3,(H,14,15). The van der Waals surface area contributed by atoms with Crippen LogP contribution in [-0.2, 0) is 9.53 Å². The van der Waals surface area contributed by atoms with E-state index in [-0.39, 0.29) is 12.0 Å². The van der Waals surface area contributed by atoms with Gasteiger partial charge in [0.05, 0.1) is 11.6 Å². The average Bonchev–Trinajstić information content (AvgIpc) is 2.17. The molecular formula is C12H26N2O2. The van der Waals surface area contributed by atoms with Crippen LogP contribution in [0.2, 0.25) is 0 Å². The molecule has 0 aliphatic carbocycles. The summed E-state index contributed by atoms with van der Waals surface area (Å²) in [4.78, 5) is 11.8. The van der Waals surface area contributed by atoms with Crippen LogP contribution in [0, 0.1) is 5.92 Å². The van der Waals surface area contributed by atoms with E-state index in [1.54, 1.807) is 14.0 Å². The van der Waals surface area contributed by atoms with Gasteiger partial charge < -0.3 is 15.8 Å². The number of hydrogen-bond acceptors (Lipinski definition) is 3. The Morgan fingerprint density at radius 2 is 2.06 bits per heavy atom. The van der Waals surface area contributed by atoms with Gasteiger partial charge in [0.15, 0.2) is 0 Å². The van der Waals surface area contributed by atoms with E-state index in [0.717, 1.165) is 6.42 Å². The Morgan fingerprint density at radius 3 is 2.44 bits per heavy atom. The molecule has 96 valence electrons. The van der Waals surface area contributed by atoms with E-state index in [0.29, 0.717) is 18.9 Å². The molecule has 0 saturated heterocycles. The van der Waals surface area contributed by atoms with Crippen LogP contribution in [0.5, 0.6) is 0 Å². The van der Waals surface area contributed by atoms with Crippen molar-refractivity contribution in [3.05, 3.63) is 0 Å². The minimum absolute atomic E-state index is 0.0429. The largest absolute Gasteiger partial charge is 0.379 e. The van der Waals surface area contributed by atoms with Crippen LogP contribution in [0.1, 0.15) is 40.5 Å². The molecule has 0 spiro atoms. The van der Waals surface area contributed by atoms with Gasteiger partial charge in [0, 0.05) is 13.7 Å². The van der Waals surface area contributed by atoms with E-state index < -0.39 is 5.54 Å². The first kappa shape index (κ1) is 15.4. The van der Waals surface area contributed by atoms with Crippen molar-refractivity contribution in [1.29, 1.82) is 0 Å². The lowest BCUT2D eigenvalue weighted by molar-refractivity contribution is -0.126. The number of nitrogens with two attached hydrogens (primary N) is 1. The maximum atomic E-state index is 11.8. The third-order valence-corrected chi connectivity index (χ3v) is 2.80. The average molecular weight is 230 g/mol. The second-order valence-electron chi connectivity index (χ2n) is 4.90. The van der Waals surface area contributed by atoms with Gasteiger partial charge in [-0.1, -0.05) is 27.2 Å². The van der Waals surface area contributed by atoms with Gasteiger partial charge in [0.2, 0.25) is 5.91 Å². The highest BCUT2D eigenvalue weighted by molar-refractivity contribution is 5.85. The molecule has 0 aromatic carbocycles. The number of hydrogen-bond donors (Lipinski definition) is 2. The molecule has 0 aromatic heterocycles. The number of ether oxygens (including phenoxy) is 1. The summed E-state index contributed by atoms with van der Waals surface area (Å²) in [7, 11) is 1.66. The second-order valence-corrected chi connectivity index (χ2v) is 4.90. The maximum Gasteiger partial charge on any atom is 0.239 e. The first-order chi connectivity index (χ1) is 7.35. The first-order valence-corrected chi connectivity index (χ1v) is 5.95. The number of amides is 1. The predicted octanol–water partition coefficient (Wildman–Crippen LogP) is 1.29. The molecule has 16 heavy (non-hydrogen) atoms. The topological polar surface area (TPSA) is 64.4 Å². The van der Waals surface area contributed by atoms with E-state index in [1.807, 2.05) is 6.92 Å². The third-order valence-electron chi connectivity index (χ3n) is 2.80. The summed E-state index contributed by atoms with van der Waals surface area (Å²) in [5, 5.41) is 2.85. The fourth-order valence-electron chi connectivity index (χ4n) is 1.62. The fraction of sp³-hybridized carbons (Fsp3) is 0.917. The lowest BCUT2D eigenvalue weighted by Gasteiger charge is -2.25. The SMILES string of the molecule is CCCC(C)(N)C(=O)NCC(OC)C(C)C. The monoisotopic (exact) mass is 230 g/mol. The molecule has 3 N–H and O–H groups in total. The highest BCUT2D eigenvalue weighted by Crippen LogP contribution is 2.09. The molecule has 0 aromatic rings. The molecule has 0 radical (unpaired) electrons. The zero-order valence-corrected chi connectivity index (χ0v) is 11.2. The number of methoxy groups -OCH3 is 1. The molecule has 4 heteroatoms. The van der Waals surface area contributed by atoms with Crippen molar-refractivity contribution >= 4 is 5.91 Å². The Balaban J connectivity index is 4.15. The zero-order chi connectivity index (χ0) is 12.8. The lowest BCUT2D eigenvalue weighted by atomic mass is 9.96. The Kier molecular flexibility index (Phi) is 6.60. The van der Waals surface area contributed by atoms with Crippen molar-refractivity contribution in [2.24, 2.45) is 11.7 Å². The summed E-state index contributed by atoms with van der Waals surface area (Å²) in [5.41, 5.74) is 5.15. The van der Waals surface area contributed by atoms with Gasteiger partial charge in [0.1, 0.15) is 0 Å². The lowest BCUT2D eigenvalue weighted by Crippen LogP contribution is -2.53. The van der Waals surface area contributed by atoms with Gasteiger partial charge >= 0.3 is 0 Å². The van der Waals surface area contributed by atoms with Crippen LogP contribution in [0.25, 0.3) is 0 Å². The first-order valence-electron chi connectivity index (χ1n) is 5.95. The molecular weight excluding hydrogens is 204 g/mol. The molecule has 0 rings (SSSR count). The molecule has 2 atom stereocenters. The summed E-state index contributed by atoms with van der Waals surface area (Å²) in [5.74, 6) is 0.276. The van der Waals surface area contributed by atoms with Crippen LogP contribution < -0.4 is 11.1 Å². The summed E-state index contributed by atoms with van der Waals surface area (Å²) in [6, 6.07) is 0. The van der Waals surface area contributed by atoms with E-state index in [2.05, 4.69) is 19.2 Å². The molecule has 4 nitrogen and oxygen atoms in total. The van der Waals surface area contributed by atoms with Crippen LogP contribution in [0.3, 0.4) is 0 Å². The van der Waals surface area contributed by atoms with Crippen molar-refractivity contribution in [1.82, 2.24) is 5.32 Å². The Bertz CT molecular complexity index is 215. The highest BCUT2D eigenvalue weighted by Gasteiger charge is 2.27. The summed E-state index contributed by atoms with van der Waals surface area (Å²) >= 11 is 0. The smallest absolute Gasteiger partial charge is 0.239 e. The maximum absolute atomic E-state index is 11.8. The highest BCUT2D eigenvalue weighted by atomic mass is 16.5.